The summed E-state index contributed by atoms with van der Waals surface area (Å²) in [6.45, 7) is 1.37. The van der Waals surface area contributed by atoms with E-state index in [1.54, 1.807) is 6.92 Å². The van der Waals surface area contributed by atoms with E-state index < -0.39 is 43.6 Å². The van der Waals surface area contributed by atoms with E-state index in [1.807, 2.05) is 0 Å². The van der Waals surface area contributed by atoms with Gasteiger partial charge in [-0.25, -0.2) is 0 Å². The van der Waals surface area contributed by atoms with E-state index in [1.165, 1.54) is 0 Å². The van der Waals surface area contributed by atoms with Gasteiger partial charge >= 0.3 is 18.1 Å². The monoisotopic (exact) mass is 446 g/mol. The number of hydrogen-bond acceptors (Lipinski definition) is 7. The molecule has 0 aromatic heterocycles. The predicted molar refractivity (Wildman–Crippen MR) is 87.4 cm³/mol. The highest BCUT2D eigenvalue weighted by Crippen LogP contribution is 2.49. The van der Waals surface area contributed by atoms with Crippen LogP contribution in [0.3, 0.4) is 0 Å². The van der Waals surface area contributed by atoms with Crippen LogP contribution in [0, 0.1) is 0 Å². The molecule has 176 valence electrons. The maximum Gasteiger partial charge on any atom is 0.453 e. The molecule has 1 N–H and O–H groups in total. The van der Waals surface area contributed by atoms with Gasteiger partial charge in [0.2, 0.25) is 0 Å². The lowest BCUT2D eigenvalue weighted by atomic mass is 10.2. The van der Waals surface area contributed by atoms with Crippen LogP contribution in [-0.4, -0.2) is 94.9 Å². The Bertz CT molecular complexity index is 419. The molecule has 0 saturated carbocycles. The first-order valence-corrected chi connectivity index (χ1v) is 8.44. The van der Waals surface area contributed by atoms with Crippen molar-refractivity contribution in [2.45, 2.75) is 44.7 Å². The largest absolute Gasteiger partial charge is 0.453 e. The molecule has 1 rings (SSSR count). The second-order valence-electron chi connectivity index (χ2n) is 5.83. The molecule has 0 aromatic rings. The van der Waals surface area contributed by atoms with Crippen molar-refractivity contribution < 1.29 is 59.9 Å². The molecule has 1 heterocycles. The molecule has 0 bridgehead atoms. The molecule has 1 aliphatic rings. The van der Waals surface area contributed by atoms with Crippen LogP contribution < -0.4 is 0 Å². The van der Waals surface area contributed by atoms with Gasteiger partial charge in [0.1, 0.15) is 6.10 Å². The summed E-state index contributed by atoms with van der Waals surface area (Å²) < 4.78 is 105. The van der Waals surface area contributed by atoms with Crippen molar-refractivity contribution in [2.24, 2.45) is 0 Å². The minimum absolute atomic E-state index is 0. The van der Waals surface area contributed by atoms with E-state index in [4.69, 9.17) is 24.1 Å². The van der Waals surface area contributed by atoms with E-state index in [9.17, 15) is 26.3 Å². The maximum atomic E-state index is 12.8. The zero-order chi connectivity index (χ0) is 21.3. The summed E-state index contributed by atoms with van der Waals surface area (Å²) in [7, 11) is 0. The Morgan fingerprint density at radius 2 is 1.52 bits per heavy atom. The van der Waals surface area contributed by atoms with Gasteiger partial charge in [0.25, 0.3) is 0 Å². The van der Waals surface area contributed by atoms with Crippen molar-refractivity contribution >= 4 is 0 Å². The Balaban J connectivity index is 0.00000784. The molecule has 0 aliphatic carbocycles. The molecular formula is C16H28F6O7. The summed E-state index contributed by atoms with van der Waals surface area (Å²) >= 11 is 0. The maximum absolute atomic E-state index is 12.8. The lowest BCUT2D eigenvalue weighted by molar-refractivity contribution is -0.443. The Hall–Kier alpha value is -0.700. The predicted octanol–water partition coefficient (Wildman–Crippen LogP) is 2.31. The standard InChI is InChI=1S/C15H24F6O7.CH4/c1-11(26-7-6-24-5-4-23-3-2-22)8-25-9-12-10-27-13(28-12,14(16,17)18)15(19,20)21;/h11-12,22H,2-10H2,1H3;1H4. The first-order chi connectivity index (χ1) is 13.0. The molecule has 0 amide bonds. The van der Waals surface area contributed by atoms with Crippen LogP contribution in [0.2, 0.25) is 0 Å². The second-order valence-corrected chi connectivity index (χ2v) is 5.83. The number of aliphatic hydroxyl groups excluding tert-OH is 1. The Labute approximate surface area is 165 Å². The van der Waals surface area contributed by atoms with Gasteiger partial charge in [0.05, 0.1) is 65.6 Å². The Kier molecular flexibility index (Phi) is 12.6. The third-order valence-corrected chi connectivity index (χ3v) is 3.45. The van der Waals surface area contributed by atoms with E-state index in [0.717, 1.165) is 0 Å². The average molecular weight is 446 g/mol. The fourth-order valence-corrected chi connectivity index (χ4v) is 2.16. The summed E-state index contributed by atoms with van der Waals surface area (Å²) in [6, 6.07) is 0. The van der Waals surface area contributed by atoms with Gasteiger partial charge in [-0.1, -0.05) is 7.43 Å². The van der Waals surface area contributed by atoms with E-state index >= 15 is 0 Å². The van der Waals surface area contributed by atoms with Gasteiger partial charge in [-0.15, -0.1) is 0 Å². The van der Waals surface area contributed by atoms with Crippen LogP contribution in [-0.2, 0) is 28.4 Å². The van der Waals surface area contributed by atoms with Crippen LogP contribution >= 0.6 is 0 Å². The smallest absolute Gasteiger partial charge is 0.394 e. The first kappa shape index (κ1) is 28.3. The van der Waals surface area contributed by atoms with Crippen LogP contribution in [0.1, 0.15) is 14.4 Å². The second kappa shape index (κ2) is 12.9. The number of alkyl halides is 6. The Morgan fingerprint density at radius 3 is 2.03 bits per heavy atom. The van der Waals surface area contributed by atoms with E-state index in [-0.39, 0.29) is 40.5 Å². The van der Waals surface area contributed by atoms with Crippen LogP contribution in [0.15, 0.2) is 0 Å². The average Bonchev–Trinajstić information content (AvgIpc) is 3.03. The molecular weight excluding hydrogens is 418 g/mol. The summed E-state index contributed by atoms with van der Waals surface area (Å²) in [5, 5.41) is 8.49. The van der Waals surface area contributed by atoms with Gasteiger partial charge < -0.3 is 33.5 Å². The fourth-order valence-electron chi connectivity index (χ4n) is 2.16. The molecule has 0 aromatic carbocycles. The SMILES string of the molecule is C.CC(COCC1COC(C(F)(F)F)(C(F)(F)F)O1)OCCOCCOCCO. The van der Waals surface area contributed by atoms with Gasteiger partial charge in [0, 0.05) is 0 Å². The highest BCUT2D eigenvalue weighted by molar-refractivity contribution is 4.92. The number of aliphatic hydroxyl groups is 1. The van der Waals surface area contributed by atoms with E-state index in [0.29, 0.717) is 13.2 Å². The number of hydrogen-bond donors (Lipinski definition) is 1. The van der Waals surface area contributed by atoms with Crippen molar-refractivity contribution in [1.29, 1.82) is 0 Å². The summed E-state index contributed by atoms with van der Waals surface area (Å²) in [4.78, 5) is 0. The molecule has 0 spiro atoms. The molecule has 13 heteroatoms. The molecule has 1 saturated heterocycles. The van der Waals surface area contributed by atoms with Crippen molar-refractivity contribution in [3.63, 3.8) is 0 Å². The molecule has 29 heavy (non-hydrogen) atoms. The van der Waals surface area contributed by atoms with Crippen molar-refractivity contribution in [3.8, 4) is 0 Å². The van der Waals surface area contributed by atoms with Crippen LogP contribution in [0.4, 0.5) is 26.3 Å². The molecule has 1 fully saturated rings. The van der Waals surface area contributed by atoms with Crippen LogP contribution in [0.25, 0.3) is 0 Å². The zero-order valence-corrected chi connectivity index (χ0v) is 15.2. The van der Waals surface area contributed by atoms with E-state index in [2.05, 4.69) is 9.47 Å². The van der Waals surface area contributed by atoms with Gasteiger partial charge in [0.15, 0.2) is 0 Å². The summed E-state index contributed by atoms with van der Waals surface area (Å²) in [5.41, 5.74) is 0. The van der Waals surface area contributed by atoms with Crippen molar-refractivity contribution in [3.05, 3.63) is 0 Å². The normalized spacial score (nSPS) is 20.5. The fraction of sp³-hybridized carbons (Fsp3) is 1.00. The lowest BCUT2D eigenvalue weighted by Crippen LogP contribution is -2.58. The van der Waals surface area contributed by atoms with Gasteiger partial charge in [-0.05, 0) is 6.92 Å². The highest BCUT2D eigenvalue weighted by atomic mass is 19.4. The molecule has 2 atom stereocenters. The van der Waals surface area contributed by atoms with Crippen LogP contribution in [0.5, 0.6) is 0 Å². The quantitative estimate of drug-likeness (QED) is 0.344. The molecule has 0 radical (unpaired) electrons. The summed E-state index contributed by atoms with van der Waals surface area (Å²) in [5.74, 6) is -4.63. The number of ether oxygens (including phenoxy) is 6. The van der Waals surface area contributed by atoms with Crippen molar-refractivity contribution in [2.75, 3.05) is 59.5 Å². The molecule has 7 nitrogen and oxygen atoms in total. The third kappa shape index (κ3) is 8.90. The minimum atomic E-state index is -5.76. The van der Waals surface area contributed by atoms with Gasteiger partial charge in [-0.2, -0.15) is 26.3 Å². The topological polar surface area (TPSA) is 75.6 Å². The molecule has 1 aliphatic heterocycles. The summed E-state index contributed by atoms with van der Waals surface area (Å²) in [6.07, 6.45) is -13.5. The number of rotatable bonds is 13. The first-order valence-electron chi connectivity index (χ1n) is 8.44. The van der Waals surface area contributed by atoms with Gasteiger partial charge in [-0.3, -0.25) is 0 Å². The third-order valence-electron chi connectivity index (χ3n) is 3.45. The highest BCUT2D eigenvalue weighted by Gasteiger charge is 2.77. The lowest BCUT2D eigenvalue weighted by Gasteiger charge is -2.31. The van der Waals surface area contributed by atoms with Crippen molar-refractivity contribution in [1.82, 2.24) is 0 Å². The minimum Gasteiger partial charge on any atom is -0.394 e. The zero-order valence-electron chi connectivity index (χ0n) is 15.2. The number of halogens is 6. The Morgan fingerprint density at radius 1 is 0.966 bits per heavy atom. The molecule has 2 unspecified atom stereocenters.